The number of unbranched alkanes of at least 4 members (excludes halogenated alkanes) is 1. The molecule has 8 aromatic carbocycles. The van der Waals surface area contributed by atoms with E-state index in [2.05, 4.69) is 73.7 Å². The van der Waals surface area contributed by atoms with Crippen molar-refractivity contribution in [2.45, 2.75) is 136 Å². The van der Waals surface area contributed by atoms with Crippen LogP contribution in [0.1, 0.15) is 111 Å². The van der Waals surface area contributed by atoms with E-state index in [0.717, 1.165) is 46.5 Å². The normalized spacial score (nSPS) is 13.7. The number of ether oxygens (including phenoxy) is 9. The molecule has 0 spiro atoms. The number of rotatable bonds is 39. The number of quaternary nitrogens is 1. The van der Waals surface area contributed by atoms with Crippen molar-refractivity contribution in [2.24, 2.45) is 5.92 Å². The van der Waals surface area contributed by atoms with Gasteiger partial charge < -0.3 is 78.6 Å². The van der Waals surface area contributed by atoms with Gasteiger partial charge in [0.05, 0.1) is 56.0 Å². The molecular weight excluding hydrogens is 1740 g/mol. The number of halogens is 2. The standard InChI is InChI=1S/C102H110ClFN12O16S/c1-13-53-127-100(122)112-82(30-22-23-46-106-99(121)132-102(6,7)8)94(118)113-90(63(2)3)95(119)109-65(5)93(117)111-72-40-37-69(70(55-72)57-114(9)101(123)130-61-81-78-27-17-15-25-76(78)77-26-16-18-28-79(77)81)58-116(10)51-48-115(49-52-116)50-54-126-85-44-43-75(64(4)89(85)103)87-88-96(107-62-108-97(88)133-91(87)67-35-38-71(104)39-36-67)131-86(98(120)129-59-66-33-41-74(124-11)42-34-66)56-68-24-14-20-31-83(68)128-60-73-45-47-105-92(110-73)80-29-19-21-32-84(80)125-12/h1,14-21,24-29,31-45,47,55,62-63,65,81-82,86,90H,22-23,30,46,48-54,56-61H2,2-12H3,(H4-,106,109,111,112,113,117,118,119,121,122)/p+1/t65-,82-,86+,90-/m0/s1. The van der Waals surface area contributed by atoms with E-state index in [1.807, 2.05) is 116 Å². The smallest absolute Gasteiger partial charge is 0.409 e. The van der Waals surface area contributed by atoms with Crippen LogP contribution in [-0.4, -0.2) is 193 Å². The largest absolute Gasteiger partial charge is 0.497 e. The molecule has 0 saturated carbocycles. The molecule has 1 fully saturated rings. The second kappa shape index (κ2) is 44.9. The Balaban J connectivity index is 0.691. The topological polar surface area (TPSA) is 321 Å². The third kappa shape index (κ3) is 25.3. The first-order valence-electron chi connectivity index (χ1n) is 44.1. The fourth-order valence-electron chi connectivity index (χ4n) is 16.0. The Kier molecular flexibility index (Phi) is 32.7. The molecule has 6 amide bonds. The predicted octanol–water partition coefficient (Wildman–Crippen LogP) is 16.6. The molecule has 5 N–H and O–H groups in total. The summed E-state index contributed by atoms with van der Waals surface area (Å²) in [5, 5.41) is 14.5. The first-order chi connectivity index (χ1) is 64.0. The molecule has 28 nitrogen and oxygen atoms in total. The molecule has 31 heteroatoms. The molecule has 0 unspecified atom stereocenters. The molecule has 13 rings (SSSR count). The zero-order valence-corrected chi connectivity index (χ0v) is 77.9. The van der Waals surface area contributed by atoms with Crippen LogP contribution in [0.15, 0.2) is 195 Å². The van der Waals surface area contributed by atoms with Crippen LogP contribution in [0, 0.1) is 31.0 Å². The number of thiophene rings is 1. The summed E-state index contributed by atoms with van der Waals surface area (Å²) in [6, 6.07) is 52.1. The molecule has 133 heavy (non-hydrogen) atoms. The Hall–Kier alpha value is -13.7. The molecule has 694 valence electrons. The highest BCUT2D eigenvalue weighted by atomic mass is 35.5. The monoisotopic (exact) mass is 1850 g/mol. The Morgan fingerprint density at radius 1 is 0.699 bits per heavy atom. The molecule has 1 aliphatic carbocycles. The zero-order chi connectivity index (χ0) is 94.5. The van der Waals surface area contributed by atoms with Gasteiger partial charge in [-0.05, 0) is 182 Å². The van der Waals surface area contributed by atoms with Crippen LogP contribution in [0.25, 0.3) is 54.3 Å². The highest BCUT2D eigenvalue weighted by molar-refractivity contribution is 7.22. The average Bonchev–Trinajstić information content (AvgIpc) is 1.60. The number of methoxy groups -OCH3 is 2. The number of nitrogens with zero attached hydrogens (tertiary/aromatic N) is 7. The minimum absolute atomic E-state index is 0.0322. The number of likely N-dealkylation sites (N-methyl/N-ethyl adjacent to an activating group) is 1. The van der Waals surface area contributed by atoms with Gasteiger partial charge in [-0.2, -0.15) is 0 Å². The number of piperazine rings is 1. The first-order valence-corrected chi connectivity index (χ1v) is 45.3. The number of carbonyl (C=O) groups is 7. The number of aromatic nitrogens is 4. The lowest BCUT2D eigenvalue weighted by Crippen LogP contribution is -2.57. The number of anilines is 1. The number of esters is 1. The van der Waals surface area contributed by atoms with Crippen LogP contribution >= 0.6 is 22.9 Å². The van der Waals surface area contributed by atoms with E-state index in [1.54, 1.807) is 98.5 Å². The maximum atomic E-state index is 14.9. The van der Waals surface area contributed by atoms with Gasteiger partial charge in [0.25, 0.3) is 0 Å². The highest BCUT2D eigenvalue weighted by Crippen LogP contribution is 2.50. The lowest BCUT2D eigenvalue weighted by Gasteiger charge is -2.42. The van der Waals surface area contributed by atoms with Crippen LogP contribution in [0.4, 0.5) is 24.5 Å². The Morgan fingerprint density at radius 2 is 1.40 bits per heavy atom. The maximum Gasteiger partial charge on any atom is 0.409 e. The zero-order valence-electron chi connectivity index (χ0n) is 76.4. The fraction of sp³-hybridized carbons (Fsp3) is 0.343. The summed E-state index contributed by atoms with van der Waals surface area (Å²) < 4.78 is 69.1. The van der Waals surface area contributed by atoms with Gasteiger partial charge in [0.2, 0.25) is 29.7 Å². The number of carbonyl (C=O) groups excluding carboxylic acids is 7. The summed E-state index contributed by atoms with van der Waals surface area (Å²) >= 11 is 8.81. The number of alkyl carbamates (subject to hydrolysis) is 2. The summed E-state index contributed by atoms with van der Waals surface area (Å²) in [4.78, 5) is 121. The van der Waals surface area contributed by atoms with Crippen molar-refractivity contribution in [2.75, 3.05) is 92.7 Å². The quantitative estimate of drug-likeness (QED) is 0.00785. The summed E-state index contributed by atoms with van der Waals surface area (Å²) in [7, 11) is 7.04. The van der Waals surface area contributed by atoms with Gasteiger partial charge in [0.1, 0.15) is 96.7 Å². The second-order valence-electron chi connectivity index (χ2n) is 34.4. The molecule has 3 aromatic heterocycles. The SMILES string of the molecule is C#CCOC(=O)N[C@@H](CCCCNC(=O)OC(C)(C)C)C(=O)N[C@H](C(=O)N[C@@H](C)C(=O)Nc1ccc(C[N+]2(C)CCN(CCOc3ccc(-c4c(-c5ccc(F)cc5)sc5ncnc(O[C@H](Cc6ccccc6OCc6ccnc(-c7ccccc7OC)n6)C(=O)OCc6ccc(OC)cc6)c45)c(C)c3Cl)CC2)c(CN(C)C(=O)OCC2c3ccccc3-c3ccccc32)c1)C(C)C. The average molecular weight is 1850 g/mol. The van der Waals surface area contributed by atoms with Gasteiger partial charge in [-0.15, -0.1) is 17.8 Å². The minimum Gasteiger partial charge on any atom is -0.497 e. The number of amides is 6. The molecule has 11 aromatic rings. The third-order valence-electron chi connectivity index (χ3n) is 23.2. The van der Waals surface area contributed by atoms with E-state index in [1.165, 1.54) is 41.6 Å². The van der Waals surface area contributed by atoms with E-state index in [9.17, 15) is 38.0 Å². The van der Waals surface area contributed by atoms with Crippen LogP contribution in [-0.2, 0) is 70.8 Å². The number of terminal acetylenes is 1. The van der Waals surface area contributed by atoms with Gasteiger partial charge in [0, 0.05) is 80.0 Å². The predicted molar refractivity (Wildman–Crippen MR) is 506 cm³/mol. The van der Waals surface area contributed by atoms with Gasteiger partial charge >= 0.3 is 24.2 Å². The van der Waals surface area contributed by atoms with E-state index in [0.29, 0.717) is 143 Å². The van der Waals surface area contributed by atoms with Gasteiger partial charge in [-0.25, -0.2) is 43.5 Å². The Morgan fingerprint density at radius 3 is 2.10 bits per heavy atom. The third-order valence-corrected chi connectivity index (χ3v) is 24.8. The van der Waals surface area contributed by atoms with Crippen LogP contribution in [0.3, 0.4) is 0 Å². The van der Waals surface area contributed by atoms with Crippen LogP contribution in [0.2, 0.25) is 5.02 Å². The Labute approximate surface area is 782 Å². The van der Waals surface area contributed by atoms with Crippen molar-refractivity contribution >= 4 is 80.8 Å². The summed E-state index contributed by atoms with van der Waals surface area (Å²) in [6.45, 7) is 16.5. The van der Waals surface area contributed by atoms with E-state index >= 15 is 0 Å². The van der Waals surface area contributed by atoms with Gasteiger partial charge in [0.15, 0.2) is 12.4 Å². The van der Waals surface area contributed by atoms with Crippen molar-refractivity contribution in [3.05, 3.63) is 250 Å². The molecule has 4 heterocycles. The summed E-state index contributed by atoms with van der Waals surface area (Å²) in [6.07, 6.45) is 5.81. The second-order valence-corrected chi connectivity index (χ2v) is 35.7. The van der Waals surface area contributed by atoms with Crippen molar-refractivity contribution in [3.8, 4) is 85.3 Å². The number of benzene rings is 8. The lowest BCUT2D eigenvalue weighted by molar-refractivity contribution is -0.926. The van der Waals surface area contributed by atoms with Crippen LogP contribution in [0.5, 0.6) is 28.9 Å². The Bertz CT molecular complexity index is 5980. The van der Waals surface area contributed by atoms with Crippen molar-refractivity contribution < 1.29 is 85.1 Å². The lowest BCUT2D eigenvalue weighted by atomic mass is 9.96. The molecule has 1 aliphatic heterocycles. The van der Waals surface area contributed by atoms with Crippen molar-refractivity contribution in [3.63, 3.8) is 0 Å². The maximum absolute atomic E-state index is 14.9. The van der Waals surface area contributed by atoms with E-state index in [4.69, 9.17) is 75.6 Å². The number of para-hydroxylation sites is 2. The summed E-state index contributed by atoms with van der Waals surface area (Å²) in [5.74, 6) is 1.24. The number of fused-ring (bicyclic) bond motifs is 4. The van der Waals surface area contributed by atoms with E-state index < -0.39 is 83.5 Å². The number of nitrogens with one attached hydrogen (secondary N) is 5. The van der Waals surface area contributed by atoms with Crippen molar-refractivity contribution in [1.29, 1.82) is 0 Å². The van der Waals surface area contributed by atoms with Crippen molar-refractivity contribution in [1.82, 2.24) is 51.0 Å². The minimum atomic E-state index is -1.32. The van der Waals surface area contributed by atoms with E-state index in [-0.39, 0.29) is 70.8 Å². The molecule has 1 saturated heterocycles. The molecule has 4 atom stereocenters. The molecule has 0 radical (unpaired) electrons. The summed E-state index contributed by atoms with van der Waals surface area (Å²) in [5.41, 5.74) is 11.0. The molecule has 2 aliphatic rings. The number of hydrogen-bond acceptors (Lipinski definition) is 22. The van der Waals surface area contributed by atoms with Crippen LogP contribution < -0.4 is 50.3 Å². The number of hydrogen-bond donors (Lipinski definition) is 5. The fourth-order valence-corrected chi connectivity index (χ4v) is 17.4. The van der Waals surface area contributed by atoms with Gasteiger partial charge in [-0.1, -0.05) is 147 Å². The molecular formula is C102H111ClFN12O16S+. The first kappa shape index (κ1) is 96.8. The molecule has 0 bridgehead atoms. The highest BCUT2D eigenvalue weighted by Gasteiger charge is 2.37. The van der Waals surface area contributed by atoms with Gasteiger partial charge in [-0.3, -0.25) is 19.3 Å².